The van der Waals surface area contributed by atoms with Crippen molar-refractivity contribution in [2.45, 2.75) is 38.8 Å². The first-order chi connectivity index (χ1) is 7.69. The lowest BCUT2D eigenvalue weighted by Gasteiger charge is -2.19. The van der Waals surface area contributed by atoms with E-state index in [1.54, 1.807) is 18.4 Å². The number of hydrogen-bond acceptors (Lipinski definition) is 3. The highest BCUT2D eigenvalue weighted by Gasteiger charge is 2.16. The molecule has 1 rings (SSSR count). The van der Waals surface area contributed by atoms with Gasteiger partial charge in [0.25, 0.3) is 0 Å². The molecule has 0 saturated carbocycles. The summed E-state index contributed by atoms with van der Waals surface area (Å²) in [5, 5.41) is 6.40. The average molecular weight is 262 g/mol. The molecule has 1 aromatic heterocycles. The summed E-state index contributed by atoms with van der Waals surface area (Å²) in [4.78, 5) is 1.24. The van der Waals surface area contributed by atoms with Gasteiger partial charge in [-0.15, -0.1) is 11.3 Å². The van der Waals surface area contributed by atoms with Crippen molar-refractivity contribution in [1.82, 2.24) is 5.32 Å². The van der Waals surface area contributed by atoms with Crippen LogP contribution in [0.3, 0.4) is 0 Å². The zero-order chi connectivity index (χ0) is 12.0. The normalized spacial score (nSPS) is 15.0. The van der Waals surface area contributed by atoms with Crippen molar-refractivity contribution in [1.29, 1.82) is 0 Å². The van der Waals surface area contributed by atoms with Crippen LogP contribution in [0.1, 0.15) is 37.6 Å². The number of methoxy groups -OCH3 is 1. The van der Waals surface area contributed by atoms with Crippen molar-refractivity contribution in [3.63, 3.8) is 0 Å². The average Bonchev–Trinajstić information content (AvgIpc) is 2.70. The van der Waals surface area contributed by atoms with Gasteiger partial charge in [-0.05, 0) is 37.8 Å². The van der Waals surface area contributed by atoms with Gasteiger partial charge < -0.3 is 10.1 Å². The molecule has 1 N–H and O–H groups in total. The fraction of sp³-hybridized carbons (Fsp3) is 0.667. The second-order valence-electron chi connectivity index (χ2n) is 3.87. The lowest BCUT2D eigenvalue weighted by Crippen LogP contribution is -2.21. The Hall–Kier alpha value is -0.0900. The third-order valence-corrected chi connectivity index (χ3v) is 4.15. The van der Waals surface area contributed by atoms with E-state index in [2.05, 4.69) is 19.2 Å². The van der Waals surface area contributed by atoms with Crippen LogP contribution in [0.25, 0.3) is 0 Å². The Bertz CT molecular complexity index is 303. The van der Waals surface area contributed by atoms with Crippen LogP contribution in [0.5, 0.6) is 0 Å². The third-order valence-electron chi connectivity index (χ3n) is 2.68. The van der Waals surface area contributed by atoms with Crippen LogP contribution in [0.15, 0.2) is 11.4 Å². The van der Waals surface area contributed by atoms with Gasteiger partial charge in [0.05, 0.1) is 11.1 Å². The fourth-order valence-electron chi connectivity index (χ4n) is 1.65. The van der Waals surface area contributed by atoms with Crippen molar-refractivity contribution in [2.75, 3.05) is 13.7 Å². The number of halogens is 1. The summed E-state index contributed by atoms with van der Waals surface area (Å²) in [5.74, 6) is 0. The molecule has 1 heterocycles. The van der Waals surface area contributed by atoms with Crippen LogP contribution in [-0.2, 0) is 4.74 Å². The molecule has 2 unspecified atom stereocenters. The van der Waals surface area contributed by atoms with Crippen LogP contribution in [0, 0.1) is 0 Å². The molecule has 0 aliphatic rings. The van der Waals surface area contributed by atoms with E-state index in [1.165, 1.54) is 4.88 Å². The molecule has 0 saturated heterocycles. The largest absolute Gasteiger partial charge is 0.382 e. The van der Waals surface area contributed by atoms with Crippen LogP contribution in [-0.4, -0.2) is 19.8 Å². The molecule has 0 aromatic carbocycles. The lowest BCUT2D eigenvalue weighted by atomic mass is 10.1. The Labute approximate surface area is 107 Å². The second-order valence-corrected chi connectivity index (χ2v) is 5.22. The summed E-state index contributed by atoms with van der Waals surface area (Å²) in [6.07, 6.45) is 2.41. The van der Waals surface area contributed by atoms with E-state index in [4.69, 9.17) is 16.3 Å². The lowest BCUT2D eigenvalue weighted by molar-refractivity contribution is 0.106. The van der Waals surface area contributed by atoms with Gasteiger partial charge in [-0.3, -0.25) is 0 Å². The molecular formula is C12H20ClNOS. The van der Waals surface area contributed by atoms with Gasteiger partial charge in [0.2, 0.25) is 0 Å². The number of nitrogens with one attached hydrogen (secondary N) is 1. The Kier molecular flexibility index (Phi) is 6.36. The molecule has 0 radical (unpaired) electrons. The van der Waals surface area contributed by atoms with Crippen LogP contribution in [0.2, 0.25) is 5.02 Å². The van der Waals surface area contributed by atoms with Crippen LogP contribution in [0.4, 0.5) is 0 Å². The van der Waals surface area contributed by atoms with E-state index in [0.29, 0.717) is 12.1 Å². The Morgan fingerprint density at radius 1 is 1.50 bits per heavy atom. The molecule has 2 nitrogen and oxygen atoms in total. The summed E-state index contributed by atoms with van der Waals surface area (Å²) < 4.78 is 5.27. The number of rotatable bonds is 7. The van der Waals surface area contributed by atoms with Crippen molar-refractivity contribution < 1.29 is 4.74 Å². The molecule has 0 fully saturated rings. The first-order valence-corrected chi connectivity index (χ1v) is 6.93. The molecule has 16 heavy (non-hydrogen) atoms. The Balaban J connectivity index is 2.58. The minimum absolute atomic E-state index is 0.305. The fourth-order valence-corrected chi connectivity index (χ4v) is 2.95. The summed E-state index contributed by atoms with van der Waals surface area (Å²) >= 11 is 7.88. The quantitative estimate of drug-likeness (QED) is 0.805. The van der Waals surface area contributed by atoms with Crippen molar-refractivity contribution in [3.8, 4) is 0 Å². The highest BCUT2D eigenvalue weighted by Crippen LogP contribution is 2.31. The smallest absolute Gasteiger partial charge is 0.0561 e. The van der Waals surface area contributed by atoms with E-state index in [9.17, 15) is 0 Å². The van der Waals surface area contributed by atoms with Crippen molar-refractivity contribution in [2.24, 2.45) is 0 Å². The van der Waals surface area contributed by atoms with E-state index >= 15 is 0 Å². The number of ether oxygens (including phenoxy) is 1. The Morgan fingerprint density at radius 3 is 2.75 bits per heavy atom. The molecule has 1 aromatic rings. The summed E-state index contributed by atoms with van der Waals surface area (Å²) in [7, 11) is 1.76. The zero-order valence-electron chi connectivity index (χ0n) is 10.1. The standard InChI is InChI=1S/C12H20ClNOS/c1-4-14-11(6-5-9(2)15-3)12-10(13)7-8-16-12/h7-9,11,14H,4-6H2,1-3H3. The van der Waals surface area contributed by atoms with Crippen LogP contribution >= 0.6 is 22.9 Å². The first-order valence-electron chi connectivity index (χ1n) is 5.68. The highest BCUT2D eigenvalue weighted by molar-refractivity contribution is 7.10. The predicted octanol–water partition coefficient (Wildman–Crippen LogP) is 3.87. The molecule has 0 amide bonds. The van der Waals surface area contributed by atoms with Gasteiger partial charge >= 0.3 is 0 Å². The van der Waals surface area contributed by atoms with Gasteiger partial charge in [-0.2, -0.15) is 0 Å². The van der Waals surface area contributed by atoms with Crippen LogP contribution < -0.4 is 5.32 Å². The SMILES string of the molecule is CCNC(CCC(C)OC)c1sccc1Cl. The minimum Gasteiger partial charge on any atom is -0.382 e. The van der Waals surface area contributed by atoms with Crippen molar-refractivity contribution >= 4 is 22.9 Å². The second kappa shape index (κ2) is 7.28. The third kappa shape index (κ3) is 4.06. The van der Waals surface area contributed by atoms with E-state index in [0.717, 1.165) is 24.4 Å². The first kappa shape index (κ1) is 14.0. The van der Waals surface area contributed by atoms with E-state index < -0.39 is 0 Å². The van der Waals surface area contributed by atoms with Gasteiger partial charge in [0, 0.05) is 18.0 Å². The summed E-state index contributed by atoms with van der Waals surface area (Å²) in [6, 6.07) is 2.32. The van der Waals surface area contributed by atoms with Gasteiger partial charge in [-0.1, -0.05) is 18.5 Å². The van der Waals surface area contributed by atoms with E-state index in [1.807, 2.05) is 11.4 Å². The maximum atomic E-state index is 6.16. The van der Waals surface area contributed by atoms with Gasteiger partial charge in [-0.25, -0.2) is 0 Å². The molecule has 0 bridgehead atoms. The molecule has 0 aliphatic heterocycles. The molecule has 2 atom stereocenters. The monoisotopic (exact) mass is 261 g/mol. The van der Waals surface area contributed by atoms with Crippen molar-refractivity contribution in [3.05, 3.63) is 21.3 Å². The molecule has 92 valence electrons. The highest BCUT2D eigenvalue weighted by atomic mass is 35.5. The summed E-state index contributed by atoms with van der Waals surface area (Å²) in [6.45, 7) is 5.17. The number of hydrogen-bond donors (Lipinski definition) is 1. The molecule has 0 aliphatic carbocycles. The van der Waals surface area contributed by atoms with E-state index in [-0.39, 0.29) is 0 Å². The predicted molar refractivity (Wildman–Crippen MR) is 71.5 cm³/mol. The van der Waals surface area contributed by atoms with Gasteiger partial charge in [0.15, 0.2) is 0 Å². The number of thiophene rings is 1. The molecule has 4 heteroatoms. The molecule has 0 spiro atoms. The van der Waals surface area contributed by atoms with Gasteiger partial charge in [0.1, 0.15) is 0 Å². The Morgan fingerprint density at radius 2 is 2.25 bits per heavy atom. The maximum Gasteiger partial charge on any atom is 0.0561 e. The maximum absolute atomic E-state index is 6.16. The minimum atomic E-state index is 0.305. The summed E-state index contributed by atoms with van der Waals surface area (Å²) in [5.41, 5.74) is 0. The zero-order valence-corrected chi connectivity index (χ0v) is 11.7. The molecular weight excluding hydrogens is 242 g/mol. The topological polar surface area (TPSA) is 21.3 Å².